The number of carbonyl (C=O) groups excluding carboxylic acids is 1. The molecule has 0 aromatic rings. The molecule has 19 heavy (non-hydrogen) atoms. The molecule has 6 heteroatoms. The second-order valence-electron chi connectivity index (χ2n) is 5.48. The summed E-state index contributed by atoms with van der Waals surface area (Å²) in [5, 5.41) is 2.76. The average molecular weight is 291 g/mol. The summed E-state index contributed by atoms with van der Waals surface area (Å²) < 4.78 is 17.7. The maximum atomic E-state index is 11.6. The number of quaternary nitrogens is 1. The number of hydrogen-bond donors (Lipinski definition) is 1. The molecule has 0 aromatic heterocycles. The van der Waals surface area contributed by atoms with Crippen LogP contribution < -0.4 is 5.32 Å². The molecule has 0 aliphatic carbocycles. The predicted molar refractivity (Wildman–Crippen MR) is 79.8 cm³/mol. The van der Waals surface area contributed by atoms with Crippen molar-refractivity contribution in [2.24, 2.45) is 0 Å². The molecule has 0 aliphatic heterocycles. The average Bonchev–Trinajstić information content (AvgIpc) is 2.27. The Balaban J connectivity index is 3.46. The maximum absolute atomic E-state index is 11.6. The lowest BCUT2D eigenvalue weighted by Crippen LogP contribution is -2.37. The summed E-state index contributed by atoms with van der Waals surface area (Å²) >= 11 is 0. The van der Waals surface area contributed by atoms with Crippen LogP contribution in [0.4, 0.5) is 0 Å². The number of nitrogens with zero attached hydrogens (tertiary/aromatic N) is 1. The summed E-state index contributed by atoms with van der Waals surface area (Å²) in [5.74, 6) is -0.0747. The van der Waals surface area contributed by atoms with Crippen LogP contribution in [0.15, 0.2) is 12.2 Å². The van der Waals surface area contributed by atoms with E-state index in [1.165, 1.54) is 6.08 Å². The highest BCUT2D eigenvalue weighted by Gasteiger charge is 2.08. The third-order valence-corrected chi connectivity index (χ3v) is 3.74. The molecule has 0 aromatic carbocycles. The minimum atomic E-state index is -1.91. The second kappa shape index (κ2) is 10.2. The molecule has 0 saturated heterocycles. The second-order valence-corrected chi connectivity index (χ2v) is 7.02. The topological polar surface area (TPSA) is 55.4 Å². The van der Waals surface area contributed by atoms with Gasteiger partial charge in [-0.1, -0.05) is 6.08 Å². The molecule has 112 valence electrons. The fourth-order valence-electron chi connectivity index (χ4n) is 1.32. The van der Waals surface area contributed by atoms with Crippen molar-refractivity contribution < 1.29 is 18.4 Å². The first-order chi connectivity index (χ1) is 8.85. The molecule has 1 unspecified atom stereocenters. The van der Waals surface area contributed by atoms with Crippen LogP contribution in [0.3, 0.4) is 0 Å². The van der Waals surface area contributed by atoms with Crippen LogP contribution in [0.2, 0.25) is 0 Å². The van der Waals surface area contributed by atoms with E-state index in [0.29, 0.717) is 19.3 Å². The summed E-state index contributed by atoms with van der Waals surface area (Å²) in [6.07, 6.45) is 5.45. The van der Waals surface area contributed by atoms with Gasteiger partial charge in [0.15, 0.2) is 8.03 Å². The molecule has 0 fully saturated rings. The molecule has 5 nitrogen and oxygen atoms in total. The molecule has 0 radical (unpaired) electrons. The quantitative estimate of drug-likeness (QED) is 0.288. The van der Waals surface area contributed by atoms with Crippen molar-refractivity contribution in [3.05, 3.63) is 12.2 Å². The van der Waals surface area contributed by atoms with E-state index in [9.17, 15) is 9.36 Å². The van der Waals surface area contributed by atoms with E-state index < -0.39 is 8.03 Å². The Morgan fingerprint density at radius 1 is 1.32 bits per heavy atom. The van der Waals surface area contributed by atoms with Gasteiger partial charge < -0.3 is 14.3 Å². The smallest absolute Gasteiger partial charge is 0.243 e. The highest BCUT2D eigenvalue weighted by atomic mass is 31.1. The van der Waals surface area contributed by atoms with Crippen LogP contribution in [0, 0.1) is 0 Å². The van der Waals surface area contributed by atoms with Crippen LogP contribution in [-0.4, -0.2) is 57.4 Å². The zero-order chi connectivity index (χ0) is 14.7. The Hall–Kier alpha value is -0.640. The van der Waals surface area contributed by atoms with Gasteiger partial charge in [0.25, 0.3) is 0 Å². The van der Waals surface area contributed by atoms with Crippen molar-refractivity contribution in [1.82, 2.24) is 5.32 Å². The molecule has 1 atom stereocenters. The Labute approximate surface area is 117 Å². The molecule has 0 heterocycles. The van der Waals surface area contributed by atoms with Gasteiger partial charge in [-0.15, -0.1) is 0 Å². The molecule has 1 N–H and O–H groups in total. The standard InChI is InChI=1S/C13H27N2O3P/c1-5-8-13(16)14-9-6-7-12-19(17)18-11-10-15(2,3)4/h5,8,19H,6-7,9-12H2,1-4H3/p+1. The maximum Gasteiger partial charge on any atom is 0.243 e. The highest BCUT2D eigenvalue weighted by Crippen LogP contribution is 2.23. The fraction of sp³-hybridized carbons (Fsp3) is 0.769. The van der Waals surface area contributed by atoms with Crippen LogP contribution in [0.1, 0.15) is 19.8 Å². The molecule has 0 bridgehead atoms. The van der Waals surface area contributed by atoms with E-state index in [1.807, 2.05) is 0 Å². The minimum absolute atomic E-state index is 0.0747. The fourth-order valence-corrected chi connectivity index (χ4v) is 2.32. The normalized spacial score (nSPS) is 13.7. The summed E-state index contributed by atoms with van der Waals surface area (Å²) in [6, 6.07) is 0. The number of unbranched alkanes of at least 4 members (excludes halogenated alkanes) is 1. The molecular weight excluding hydrogens is 263 g/mol. The van der Waals surface area contributed by atoms with Crippen molar-refractivity contribution in [3.63, 3.8) is 0 Å². The summed E-state index contributed by atoms with van der Waals surface area (Å²) in [7, 11) is 4.32. The Bertz CT molecular complexity index is 312. The van der Waals surface area contributed by atoms with E-state index in [-0.39, 0.29) is 5.91 Å². The van der Waals surface area contributed by atoms with Gasteiger partial charge in [0.1, 0.15) is 13.2 Å². The third kappa shape index (κ3) is 13.6. The van der Waals surface area contributed by atoms with Crippen LogP contribution >= 0.6 is 8.03 Å². The van der Waals surface area contributed by atoms with Gasteiger partial charge in [0.2, 0.25) is 5.91 Å². The lowest BCUT2D eigenvalue weighted by molar-refractivity contribution is -0.870. The number of nitrogens with one attached hydrogen (secondary N) is 1. The van der Waals surface area contributed by atoms with Crippen molar-refractivity contribution in [3.8, 4) is 0 Å². The third-order valence-electron chi connectivity index (χ3n) is 2.45. The van der Waals surface area contributed by atoms with Crippen molar-refractivity contribution in [2.75, 3.05) is 47.0 Å². The van der Waals surface area contributed by atoms with Gasteiger partial charge in [0, 0.05) is 12.7 Å². The molecular formula is C13H28N2O3P+. The molecule has 0 saturated carbocycles. The number of allylic oxidation sites excluding steroid dienone is 1. The number of carbonyl (C=O) groups is 1. The van der Waals surface area contributed by atoms with Crippen molar-refractivity contribution >= 4 is 13.9 Å². The molecule has 0 spiro atoms. The van der Waals surface area contributed by atoms with Gasteiger partial charge in [-0.05, 0) is 25.8 Å². The van der Waals surface area contributed by atoms with E-state index in [1.54, 1.807) is 13.0 Å². The Morgan fingerprint density at radius 2 is 2.00 bits per heavy atom. The van der Waals surface area contributed by atoms with E-state index in [4.69, 9.17) is 4.52 Å². The lowest BCUT2D eigenvalue weighted by Gasteiger charge is -2.23. The SMILES string of the molecule is CC=CC(=O)NCCCC[PH](=O)OCC[N+](C)(C)C. The van der Waals surface area contributed by atoms with Gasteiger partial charge >= 0.3 is 0 Å². The molecule has 0 rings (SSSR count). The van der Waals surface area contributed by atoms with Crippen LogP contribution in [-0.2, 0) is 13.9 Å². The first kappa shape index (κ1) is 18.4. The van der Waals surface area contributed by atoms with Gasteiger partial charge in [-0.2, -0.15) is 0 Å². The van der Waals surface area contributed by atoms with E-state index in [0.717, 1.165) is 23.9 Å². The first-order valence-electron chi connectivity index (χ1n) is 6.72. The van der Waals surface area contributed by atoms with Crippen LogP contribution in [0.25, 0.3) is 0 Å². The number of hydrogen-bond acceptors (Lipinski definition) is 3. The largest absolute Gasteiger partial charge is 0.353 e. The van der Waals surface area contributed by atoms with Crippen molar-refractivity contribution in [1.29, 1.82) is 0 Å². The van der Waals surface area contributed by atoms with Gasteiger partial charge in [-0.3, -0.25) is 9.36 Å². The summed E-state index contributed by atoms with van der Waals surface area (Å²) in [4.78, 5) is 11.1. The van der Waals surface area contributed by atoms with E-state index in [2.05, 4.69) is 26.5 Å². The predicted octanol–water partition coefficient (Wildman–Crippen LogP) is 1.66. The highest BCUT2D eigenvalue weighted by molar-refractivity contribution is 7.39. The van der Waals surface area contributed by atoms with Crippen molar-refractivity contribution in [2.45, 2.75) is 19.8 Å². The Kier molecular flexibility index (Phi) is 9.84. The van der Waals surface area contributed by atoms with Gasteiger partial charge in [-0.25, -0.2) is 0 Å². The number of likely N-dealkylation sites (N-methyl/N-ethyl adjacent to an activating group) is 1. The molecule has 0 aliphatic rings. The Morgan fingerprint density at radius 3 is 2.58 bits per heavy atom. The monoisotopic (exact) mass is 291 g/mol. The van der Waals surface area contributed by atoms with Gasteiger partial charge in [0.05, 0.1) is 21.1 Å². The van der Waals surface area contributed by atoms with E-state index >= 15 is 0 Å². The number of rotatable bonds is 10. The minimum Gasteiger partial charge on any atom is -0.353 e. The van der Waals surface area contributed by atoms with Crippen LogP contribution in [0.5, 0.6) is 0 Å². The number of amides is 1. The zero-order valence-electron chi connectivity index (χ0n) is 12.6. The summed E-state index contributed by atoms with van der Waals surface area (Å²) in [6.45, 7) is 3.83. The zero-order valence-corrected chi connectivity index (χ0v) is 13.6. The first-order valence-corrected chi connectivity index (χ1v) is 8.24. The molecule has 1 amide bonds. The summed E-state index contributed by atoms with van der Waals surface area (Å²) in [5.41, 5.74) is 0. The lowest BCUT2D eigenvalue weighted by atomic mass is 10.3.